The number of carboxylic acids is 1. The first-order chi connectivity index (χ1) is 8.88. The van der Waals surface area contributed by atoms with Crippen molar-refractivity contribution in [3.63, 3.8) is 0 Å². The van der Waals surface area contributed by atoms with E-state index in [2.05, 4.69) is 0 Å². The van der Waals surface area contributed by atoms with Crippen molar-refractivity contribution in [3.8, 4) is 0 Å². The molecule has 104 valence electrons. The summed E-state index contributed by atoms with van der Waals surface area (Å²) in [5, 5.41) is 17.8. The molecule has 1 aromatic rings. The molecule has 0 amide bonds. The van der Waals surface area contributed by atoms with Crippen LogP contribution >= 0.6 is 0 Å². The summed E-state index contributed by atoms with van der Waals surface area (Å²) in [6.45, 7) is 2.76. The number of halogens is 1. The second kappa shape index (κ2) is 7.01. The minimum Gasteiger partial charge on any atom is -0.478 e. The van der Waals surface area contributed by atoms with Gasteiger partial charge in [-0.3, -0.25) is 4.90 Å². The zero-order valence-corrected chi connectivity index (χ0v) is 11.0. The van der Waals surface area contributed by atoms with E-state index >= 15 is 0 Å². The summed E-state index contributed by atoms with van der Waals surface area (Å²) in [6.07, 6.45) is 1.70. The van der Waals surface area contributed by atoms with Gasteiger partial charge in [0.25, 0.3) is 0 Å². The fraction of sp³-hybridized carbons (Fsp3) is 0.357. The third-order valence-corrected chi connectivity index (χ3v) is 2.49. The second-order valence-electron chi connectivity index (χ2n) is 4.57. The van der Waals surface area contributed by atoms with Crippen LogP contribution in [-0.4, -0.2) is 40.8 Å². The lowest BCUT2D eigenvalue weighted by molar-refractivity contribution is -0.131. The molecule has 0 radical (unpaired) electrons. The normalized spacial score (nSPS) is 13.1. The second-order valence-corrected chi connectivity index (χ2v) is 4.57. The molecule has 0 aliphatic carbocycles. The molecule has 19 heavy (non-hydrogen) atoms. The van der Waals surface area contributed by atoms with Crippen LogP contribution < -0.4 is 0 Å². The van der Waals surface area contributed by atoms with E-state index in [0.717, 1.165) is 11.6 Å². The smallest absolute Gasteiger partial charge is 0.328 e. The maximum absolute atomic E-state index is 13.5. The summed E-state index contributed by atoms with van der Waals surface area (Å²) in [7, 11) is 1.85. The number of aliphatic hydroxyl groups excluding tert-OH is 1. The van der Waals surface area contributed by atoms with E-state index in [4.69, 9.17) is 5.11 Å². The summed E-state index contributed by atoms with van der Waals surface area (Å²) in [5.74, 6) is -1.57. The Bertz CT molecular complexity index is 472. The Labute approximate surface area is 111 Å². The fourth-order valence-corrected chi connectivity index (χ4v) is 1.81. The monoisotopic (exact) mass is 267 g/mol. The Morgan fingerprint density at radius 1 is 1.53 bits per heavy atom. The zero-order chi connectivity index (χ0) is 14.4. The number of aliphatic hydroxyl groups is 1. The first-order valence-corrected chi connectivity index (χ1v) is 5.94. The Kier molecular flexibility index (Phi) is 5.66. The zero-order valence-electron chi connectivity index (χ0n) is 11.0. The van der Waals surface area contributed by atoms with E-state index in [9.17, 15) is 14.3 Å². The molecule has 0 fully saturated rings. The van der Waals surface area contributed by atoms with Gasteiger partial charge in [0, 0.05) is 24.7 Å². The van der Waals surface area contributed by atoms with Crippen molar-refractivity contribution in [2.24, 2.45) is 0 Å². The lowest BCUT2D eigenvalue weighted by Gasteiger charge is -2.18. The molecule has 1 rings (SSSR count). The van der Waals surface area contributed by atoms with Crippen LogP contribution in [0.5, 0.6) is 0 Å². The van der Waals surface area contributed by atoms with Crippen LogP contribution in [0.4, 0.5) is 4.39 Å². The first kappa shape index (κ1) is 15.3. The molecule has 0 aliphatic heterocycles. The molecule has 1 atom stereocenters. The van der Waals surface area contributed by atoms with Gasteiger partial charge < -0.3 is 10.2 Å². The SMILES string of the molecule is CC(O)CN(C)Cc1ccc(F)c(C=CC(=O)O)c1. The molecule has 1 aromatic carbocycles. The molecule has 5 heteroatoms. The molecule has 0 spiro atoms. The standard InChI is InChI=1S/C14H18FNO3/c1-10(17)8-16(2)9-11-3-5-13(15)12(7-11)4-6-14(18)19/h3-7,10,17H,8-9H2,1-2H3,(H,18,19). The summed E-state index contributed by atoms with van der Waals surface area (Å²) >= 11 is 0. The van der Waals surface area contributed by atoms with Crippen LogP contribution in [-0.2, 0) is 11.3 Å². The molecule has 1 unspecified atom stereocenters. The van der Waals surface area contributed by atoms with E-state index in [1.165, 1.54) is 12.1 Å². The lowest BCUT2D eigenvalue weighted by Crippen LogP contribution is -2.26. The van der Waals surface area contributed by atoms with E-state index in [1.54, 1.807) is 19.1 Å². The van der Waals surface area contributed by atoms with Crippen LogP contribution in [0.25, 0.3) is 6.08 Å². The third kappa shape index (κ3) is 5.63. The van der Waals surface area contributed by atoms with Crippen molar-refractivity contribution in [2.45, 2.75) is 19.6 Å². The molecule has 0 saturated heterocycles. The topological polar surface area (TPSA) is 60.8 Å². The van der Waals surface area contributed by atoms with Gasteiger partial charge in [-0.15, -0.1) is 0 Å². The summed E-state index contributed by atoms with van der Waals surface area (Å²) in [5.41, 5.74) is 1.10. The highest BCUT2D eigenvalue weighted by atomic mass is 19.1. The van der Waals surface area contributed by atoms with Crippen molar-refractivity contribution in [1.82, 2.24) is 4.90 Å². The number of likely N-dealkylation sites (N-methyl/N-ethyl adjacent to an activating group) is 1. The molecular formula is C14H18FNO3. The molecule has 4 nitrogen and oxygen atoms in total. The highest BCUT2D eigenvalue weighted by molar-refractivity contribution is 5.85. The first-order valence-electron chi connectivity index (χ1n) is 5.94. The number of carbonyl (C=O) groups is 1. The van der Waals surface area contributed by atoms with E-state index < -0.39 is 17.9 Å². The van der Waals surface area contributed by atoms with Gasteiger partial charge in [0.2, 0.25) is 0 Å². The van der Waals surface area contributed by atoms with E-state index in [-0.39, 0.29) is 5.56 Å². The largest absolute Gasteiger partial charge is 0.478 e. The van der Waals surface area contributed by atoms with Crippen LogP contribution in [0, 0.1) is 5.82 Å². The van der Waals surface area contributed by atoms with Crippen molar-refractivity contribution in [1.29, 1.82) is 0 Å². The third-order valence-electron chi connectivity index (χ3n) is 2.49. The number of carboxylic acid groups (broad SMARTS) is 1. The van der Waals surface area contributed by atoms with Gasteiger partial charge in [-0.1, -0.05) is 6.07 Å². The van der Waals surface area contributed by atoms with Crippen LogP contribution in [0.3, 0.4) is 0 Å². The van der Waals surface area contributed by atoms with Crippen molar-refractivity contribution < 1.29 is 19.4 Å². The number of nitrogens with zero attached hydrogens (tertiary/aromatic N) is 1. The fourth-order valence-electron chi connectivity index (χ4n) is 1.81. The maximum Gasteiger partial charge on any atom is 0.328 e. The lowest BCUT2D eigenvalue weighted by atomic mass is 10.1. The maximum atomic E-state index is 13.5. The van der Waals surface area contributed by atoms with Gasteiger partial charge in [-0.2, -0.15) is 0 Å². The van der Waals surface area contributed by atoms with Crippen molar-refractivity contribution in [2.75, 3.05) is 13.6 Å². The van der Waals surface area contributed by atoms with Gasteiger partial charge in [0.05, 0.1) is 6.10 Å². The highest BCUT2D eigenvalue weighted by Crippen LogP contribution is 2.14. The van der Waals surface area contributed by atoms with E-state index in [1.807, 2.05) is 11.9 Å². The summed E-state index contributed by atoms with van der Waals surface area (Å²) in [4.78, 5) is 12.3. The van der Waals surface area contributed by atoms with E-state index in [0.29, 0.717) is 13.1 Å². The van der Waals surface area contributed by atoms with Gasteiger partial charge in [0.15, 0.2) is 0 Å². The number of aliphatic carboxylic acids is 1. The quantitative estimate of drug-likeness (QED) is 0.771. The predicted molar refractivity (Wildman–Crippen MR) is 71.1 cm³/mol. The number of hydrogen-bond donors (Lipinski definition) is 2. The minimum atomic E-state index is -1.11. The minimum absolute atomic E-state index is 0.241. The highest BCUT2D eigenvalue weighted by Gasteiger charge is 2.06. The van der Waals surface area contributed by atoms with Gasteiger partial charge in [-0.05, 0) is 37.7 Å². The molecule has 0 bridgehead atoms. The number of benzene rings is 1. The molecule has 0 aromatic heterocycles. The molecule has 0 heterocycles. The molecule has 2 N–H and O–H groups in total. The van der Waals surface area contributed by atoms with Crippen LogP contribution in [0.15, 0.2) is 24.3 Å². The average molecular weight is 267 g/mol. The van der Waals surface area contributed by atoms with Gasteiger partial charge in [-0.25, -0.2) is 9.18 Å². The van der Waals surface area contributed by atoms with Crippen LogP contribution in [0.1, 0.15) is 18.1 Å². The Balaban J connectivity index is 2.81. The molecule has 0 aliphatic rings. The summed E-state index contributed by atoms with van der Waals surface area (Å²) < 4.78 is 13.5. The Hall–Kier alpha value is -1.72. The van der Waals surface area contributed by atoms with Gasteiger partial charge in [0.1, 0.15) is 5.82 Å². The Morgan fingerprint density at radius 2 is 2.21 bits per heavy atom. The average Bonchev–Trinajstić information content (AvgIpc) is 2.28. The van der Waals surface area contributed by atoms with Gasteiger partial charge >= 0.3 is 5.97 Å². The Morgan fingerprint density at radius 3 is 2.79 bits per heavy atom. The van der Waals surface area contributed by atoms with Crippen molar-refractivity contribution >= 4 is 12.0 Å². The summed E-state index contributed by atoms with van der Waals surface area (Å²) in [6, 6.07) is 4.56. The number of hydrogen-bond acceptors (Lipinski definition) is 3. The van der Waals surface area contributed by atoms with Crippen molar-refractivity contribution in [3.05, 3.63) is 41.2 Å². The molecular weight excluding hydrogens is 249 g/mol. The van der Waals surface area contributed by atoms with Crippen LogP contribution in [0.2, 0.25) is 0 Å². The molecule has 0 saturated carbocycles. The number of rotatable bonds is 6. The predicted octanol–water partition coefficient (Wildman–Crippen LogP) is 1.74.